The van der Waals surface area contributed by atoms with Gasteiger partial charge in [0.2, 0.25) is 0 Å². The van der Waals surface area contributed by atoms with E-state index in [4.69, 9.17) is 15.2 Å². The lowest BCUT2D eigenvalue weighted by Gasteiger charge is -2.42. The number of esters is 1. The first-order chi connectivity index (χ1) is 9.77. The number of rotatable bonds is 4. The highest BCUT2D eigenvalue weighted by molar-refractivity contribution is 5.81. The largest absolute Gasteiger partial charge is 0.468 e. The summed E-state index contributed by atoms with van der Waals surface area (Å²) in [5, 5.41) is 0. The first-order valence-corrected chi connectivity index (χ1v) is 8.04. The normalized spacial score (nSPS) is 36.6. The van der Waals surface area contributed by atoms with Crippen molar-refractivity contribution in [2.45, 2.75) is 63.7 Å². The highest BCUT2D eigenvalue weighted by Crippen LogP contribution is 2.37. The third kappa shape index (κ3) is 3.76. The Morgan fingerprint density at radius 2 is 2.19 bits per heavy atom. The van der Waals surface area contributed by atoms with Crippen molar-refractivity contribution < 1.29 is 14.3 Å². The molecular weight excluding hydrogens is 268 g/mol. The van der Waals surface area contributed by atoms with Crippen LogP contribution in [0.25, 0.3) is 0 Å². The molecule has 0 spiro atoms. The van der Waals surface area contributed by atoms with Crippen LogP contribution in [0.3, 0.4) is 0 Å². The number of carbonyl (C=O) groups is 1. The quantitative estimate of drug-likeness (QED) is 0.798. The minimum atomic E-state index is -0.776. The monoisotopic (exact) mass is 298 g/mol. The Morgan fingerprint density at radius 3 is 2.81 bits per heavy atom. The van der Waals surface area contributed by atoms with E-state index in [1.165, 1.54) is 7.11 Å². The topological polar surface area (TPSA) is 64.8 Å². The summed E-state index contributed by atoms with van der Waals surface area (Å²) in [6, 6.07) is 0. The van der Waals surface area contributed by atoms with Crippen LogP contribution in [-0.2, 0) is 14.3 Å². The fraction of sp³-hybridized carbons (Fsp3) is 0.938. The Morgan fingerprint density at radius 1 is 1.48 bits per heavy atom. The second kappa shape index (κ2) is 6.23. The predicted molar refractivity (Wildman–Crippen MR) is 82.0 cm³/mol. The SMILES string of the molecule is COC(=O)C1(N)CCCC1CCN1CC(C)OC(C)(C)C1. The lowest BCUT2D eigenvalue weighted by atomic mass is 9.85. The van der Waals surface area contributed by atoms with Crippen molar-refractivity contribution in [3.05, 3.63) is 0 Å². The zero-order chi connectivity index (χ0) is 15.7. The molecule has 5 nitrogen and oxygen atoms in total. The molecule has 0 aromatic heterocycles. The van der Waals surface area contributed by atoms with Gasteiger partial charge < -0.3 is 15.2 Å². The summed E-state index contributed by atoms with van der Waals surface area (Å²) in [6.45, 7) is 9.23. The standard InChI is InChI=1S/C16H30N2O3/c1-12-10-18(11-15(2,3)21-12)9-7-13-6-5-8-16(13,17)14(19)20-4/h12-13H,5-11,17H2,1-4H3. The van der Waals surface area contributed by atoms with E-state index in [0.29, 0.717) is 0 Å². The van der Waals surface area contributed by atoms with Gasteiger partial charge in [0.05, 0.1) is 18.8 Å². The molecule has 1 saturated heterocycles. The van der Waals surface area contributed by atoms with Crippen molar-refractivity contribution in [3.63, 3.8) is 0 Å². The van der Waals surface area contributed by atoms with Crippen LogP contribution in [0.4, 0.5) is 0 Å². The van der Waals surface area contributed by atoms with E-state index in [1.807, 2.05) is 0 Å². The van der Waals surface area contributed by atoms with E-state index in [0.717, 1.165) is 45.3 Å². The van der Waals surface area contributed by atoms with Gasteiger partial charge in [0.25, 0.3) is 0 Å². The maximum absolute atomic E-state index is 12.0. The zero-order valence-electron chi connectivity index (χ0n) is 13.9. The molecule has 1 saturated carbocycles. The van der Waals surface area contributed by atoms with Crippen LogP contribution in [0.1, 0.15) is 46.5 Å². The first kappa shape index (κ1) is 16.7. The van der Waals surface area contributed by atoms with Crippen LogP contribution in [0.5, 0.6) is 0 Å². The maximum Gasteiger partial charge on any atom is 0.326 e. The van der Waals surface area contributed by atoms with E-state index in [2.05, 4.69) is 25.7 Å². The molecule has 1 heterocycles. The molecule has 2 fully saturated rings. The van der Waals surface area contributed by atoms with Crippen LogP contribution in [0.2, 0.25) is 0 Å². The van der Waals surface area contributed by atoms with Crippen LogP contribution in [0.15, 0.2) is 0 Å². The Kier molecular flexibility index (Phi) is 4.96. The summed E-state index contributed by atoms with van der Waals surface area (Å²) in [5.41, 5.74) is 5.46. The van der Waals surface area contributed by atoms with Crippen molar-refractivity contribution in [2.24, 2.45) is 11.7 Å². The number of nitrogens with zero attached hydrogens (tertiary/aromatic N) is 1. The molecule has 0 radical (unpaired) electrons. The van der Waals surface area contributed by atoms with Crippen molar-refractivity contribution in [3.8, 4) is 0 Å². The zero-order valence-corrected chi connectivity index (χ0v) is 13.9. The fourth-order valence-electron chi connectivity index (χ4n) is 4.06. The van der Waals surface area contributed by atoms with Gasteiger partial charge in [-0.25, -0.2) is 0 Å². The van der Waals surface area contributed by atoms with E-state index in [9.17, 15) is 4.79 Å². The van der Waals surface area contributed by atoms with Crippen LogP contribution in [0, 0.1) is 5.92 Å². The molecule has 0 aromatic rings. The molecule has 1 aliphatic heterocycles. The number of hydrogen-bond acceptors (Lipinski definition) is 5. The highest BCUT2D eigenvalue weighted by atomic mass is 16.5. The van der Waals surface area contributed by atoms with Crippen molar-refractivity contribution in [1.29, 1.82) is 0 Å². The number of morpholine rings is 1. The molecular formula is C16H30N2O3. The molecule has 2 N–H and O–H groups in total. The van der Waals surface area contributed by atoms with Gasteiger partial charge in [0.1, 0.15) is 5.54 Å². The predicted octanol–water partition coefficient (Wildman–Crippen LogP) is 1.55. The Bertz CT molecular complexity index is 386. The average Bonchev–Trinajstić information content (AvgIpc) is 2.75. The minimum Gasteiger partial charge on any atom is -0.468 e. The van der Waals surface area contributed by atoms with E-state index in [1.54, 1.807) is 0 Å². The third-order valence-corrected chi connectivity index (χ3v) is 4.87. The van der Waals surface area contributed by atoms with Crippen molar-refractivity contribution in [1.82, 2.24) is 4.90 Å². The summed E-state index contributed by atoms with van der Waals surface area (Å²) in [6.07, 6.45) is 3.99. The van der Waals surface area contributed by atoms with Gasteiger partial charge in [-0.2, -0.15) is 0 Å². The summed E-state index contributed by atoms with van der Waals surface area (Å²) in [4.78, 5) is 14.4. The van der Waals surface area contributed by atoms with Gasteiger partial charge in [0, 0.05) is 13.1 Å². The van der Waals surface area contributed by atoms with Crippen molar-refractivity contribution in [2.75, 3.05) is 26.7 Å². The van der Waals surface area contributed by atoms with E-state index >= 15 is 0 Å². The Balaban J connectivity index is 1.92. The van der Waals surface area contributed by atoms with Gasteiger partial charge in [0.15, 0.2) is 0 Å². The molecule has 2 rings (SSSR count). The second-order valence-electron chi connectivity index (χ2n) is 7.33. The van der Waals surface area contributed by atoms with Gasteiger partial charge in [-0.1, -0.05) is 6.42 Å². The number of ether oxygens (including phenoxy) is 2. The van der Waals surface area contributed by atoms with Gasteiger partial charge in [-0.05, 0) is 52.5 Å². The lowest BCUT2D eigenvalue weighted by molar-refractivity contribution is -0.149. The highest BCUT2D eigenvalue weighted by Gasteiger charge is 2.46. The molecule has 122 valence electrons. The van der Waals surface area contributed by atoms with Crippen molar-refractivity contribution >= 4 is 5.97 Å². The van der Waals surface area contributed by atoms with Crippen LogP contribution < -0.4 is 5.73 Å². The molecule has 1 aliphatic carbocycles. The van der Waals surface area contributed by atoms with Crippen LogP contribution in [-0.4, -0.2) is 54.9 Å². The smallest absolute Gasteiger partial charge is 0.326 e. The Hall–Kier alpha value is -0.650. The number of carbonyl (C=O) groups excluding carboxylic acids is 1. The molecule has 5 heteroatoms. The molecule has 21 heavy (non-hydrogen) atoms. The van der Waals surface area contributed by atoms with E-state index in [-0.39, 0.29) is 23.6 Å². The lowest BCUT2D eigenvalue weighted by Crippen LogP contribution is -2.54. The van der Waals surface area contributed by atoms with Crippen LogP contribution >= 0.6 is 0 Å². The summed E-state index contributed by atoms with van der Waals surface area (Å²) in [5.74, 6) is -0.0214. The fourth-order valence-corrected chi connectivity index (χ4v) is 4.06. The number of nitrogens with two attached hydrogens (primary N) is 1. The number of hydrogen-bond donors (Lipinski definition) is 1. The van der Waals surface area contributed by atoms with Gasteiger partial charge >= 0.3 is 5.97 Å². The van der Waals surface area contributed by atoms with E-state index < -0.39 is 5.54 Å². The summed E-state index contributed by atoms with van der Waals surface area (Å²) in [7, 11) is 1.43. The first-order valence-electron chi connectivity index (χ1n) is 8.04. The maximum atomic E-state index is 12.0. The van der Waals surface area contributed by atoms with Gasteiger partial charge in [-0.15, -0.1) is 0 Å². The molecule has 0 bridgehead atoms. The molecule has 3 atom stereocenters. The molecule has 0 aromatic carbocycles. The molecule has 0 amide bonds. The number of methoxy groups -OCH3 is 1. The summed E-state index contributed by atoms with van der Waals surface area (Å²) < 4.78 is 10.8. The Labute approximate surface area is 128 Å². The third-order valence-electron chi connectivity index (χ3n) is 4.87. The molecule has 3 unspecified atom stereocenters. The van der Waals surface area contributed by atoms with Gasteiger partial charge in [-0.3, -0.25) is 9.69 Å². The minimum absolute atomic E-state index is 0.102. The second-order valence-corrected chi connectivity index (χ2v) is 7.33. The molecule has 2 aliphatic rings. The average molecular weight is 298 g/mol. The summed E-state index contributed by atoms with van der Waals surface area (Å²) >= 11 is 0.